The predicted molar refractivity (Wildman–Crippen MR) is 127 cm³/mol. The maximum absolute atomic E-state index is 12.5. The lowest BCUT2D eigenvalue weighted by molar-refractivity contribution is -0.139. The van der Waals surface area contributed by atoms with Gasteiger partial charge in [-0.1, -0.05) is 35.9 Å². The summed E-state index contributed by atoms with van der Waals surface area (Å²) in [5.74, 6) is -0.282. The van der Waals surface area contributed by atoms with Crippen molar-refractivity contribution in [3.05, 3.63) is 52.6 Å². The molecule has 2 aliphatic rings. The standard InChI is InChI=1S/C25H33ClN2O4/c1-17-6-7-18(15-23(29)31-5)21-16-19(26)8-9-20(21)22(14-17)27-10-12-28(13-11-27)24(30)32-25(2,3)4/h7-9,16,22H,1,6,10-15H2,2-5H3/b18-7-. The highest BCUT2D eigenvalue weighted by Gasteiger charge is 2.32. The molecule has 32 heavy (non-hydrogen) atoms. The highest BCUT2D eigenvalue weighted by Crippen LogP contribution is 2.39. The number of benzene rings is 1. The normalized spacial score (nSPS) is 21.7. The van der Waals surface area contributed by atoms with Gasteiger partial charge in [0.25, 0.3) is 0 Å². The molecule has 0 N–H and O–H groups in total. The number of fused-ring (bicyclic) bond motifs is 1. The first-order valence-electron chi connectivity index (χ1n) is 11.0. The molecule has 1 amide bonds. The van der Waals surface area contributed by atoms with Crippen LogP contribution in [0.4, 0.5) is 4.79 Å². The summed E-state index contributed by atoms with van der Waals surface area (Å²) in [4.78, 5) is 28.7. The molecule has 174 valence electrons. The Morgan fingerprint density at radius 1 is 1.19 bits per heavy atom. The molecule has 1 aliphatic heterocycles. The number of amides is 1. The van der Waals surface area contributed by atoms with Gasteiger partial charge < -0.3 is 14.4 Å². The molecule has 1 atom stereocenters. The van der Waals surface area contributed by atoms with Gasteiger partial charge in [0, 0.05) is 37.2 Å². The monoisotopic (exact) mass is 460 g/mol. The zero-order chi connectivity index (χ0) is 23.5. The van der Waals surface area contributed by atoms with Crippen LogP contribution >= 0.6 is 11.6 Å². The number of piperazine rings is 1. The van der Waals surface area contributed by atoms with Crippen LogP contribution in [0, 0.1) is 0 Å². The van der Waals surface area contributed by atoms with Gasteiger partial charge in [-0.05, 0) is 62.4 Å². The second-order valence-electron chi connectivity index (χ2n) is 9.39. The first-order chi connectivity index (χ1) is 15.1. The van der Waals surface area contributed by atoms with E-state index in [-0.39, 0.29) is 24.5 Å². The van der Waals surface area contributed by atoms with Gasteiger partial charge in [0.2, 0.25) is 0 Å². The van der Waals surface area contributed by atoms with Crippen molar-refractivity contribution in [2.45, 2.75) is 51.7 Å². The molecule has 6 nitrogen and oxygen atoms in total. The van der Waals surface area contributed by atoms with Gasteiger partial charge >= 0.3 is 12.1 Å². The molecule has 1 saturated heterocycles. The van der Waals surface area contributed by atoms with Crippen LogP contribution in [0.1, 0.15) is 57.2 Å². The molecular formula is C25H33ClN2O4. The SMILES string of the molecule is C=C1C/C=C(/CC(=O)OC)c2cc(Cl)ccc2C(N2CCN(C(=O)OC(C)(C)C)CC2)C1. The summed E-state index contributed by atoms with van der Waals surface area (Å²) in [5.41, 5.74) is 3.61. The van der Waals surface area contributed by atoms with E-state index in [1.807, 2.05) is 39.0 Å². The Labute approximate surface area is 195 Å². The molecule has 0 radical (unpaired) electrons. The number of hydrogen-bond donors (Lipinski definition) is 0. The van der Waals surface area contributed by atoms with Crippen LogP contribution in [0.25, 0.3) is 5.57 Å². The van der Waals surface area contributed by atoms with Crippen LogP contribution in [0.2, 0.25) is 5.02 Å². The van der Waals surface area contributed by atoms with Crippen LogP contribution < -0.4 is 0 Å². The third-order valence-corrected chi connectivity index (χ3v) is 6.04. The van der Waals surface area contributed by atoms with Crippen molar-refractivity contribution in [1.29, 1.82) is 0 Å². The average Bonchev–Trinajstić information content (AvgIpc) is 2.73. The zero-order valence-electron chi connectivity index (χ0n) is 19.4. The fraction of sp³-hybridized carbons (Fsp3) is 0.520. The topological polar surface area (TPSA) is 59.1 Å². The fourth-order valence-corrected chi connectivity index (χ4v) is 4.38. The van der Waals surface area contributed by atoms with Crippen molar-refractivity contribution >= 4 is 29.2 Å². The minimum atomic E-state index is -0.508. The van der Waals surface area contributed by atoms with E-state index in [1.165, 1.54) is 7.11 Å². The summed E-state index contributed by atoms with van der Waals surface area (Å²) >= 11 is 6.34. The Morgan fingerprint density at radius 2 is 1.88 bits per heavy atom. The molecule has 3 rings (SSSR count). The van der Waals surface area contributed by atoms with E-state index in [2.05, 4.69) is 17.6 Å². The van der Waals surface area contributed by atoms with Gasteiger partial charge in [0.1, 0.15) is 5.60 Å². The molecule has 7 heteroatoms. The van der Waals surface area contributed by atoms with E-state index in [4.69, 9.17) is 21.1 Å². The number of ether oxygens (including phenoxy) is 2. The summed E-state index contributed by atoms with van der Waals surface area (Å²) in [5, 5.41) is 0.632. The maximum Gasteiger partial charge on any atom is 0.410 e. The van der Waals surface area contributed by atoms with Crippen molar-refractivity contribution < 1.29 is 19.1 Å². The Morgan fingerprint density at radius 3 is 2.50 bits per heavy atom. The fourth-order valence-electron chi connectivity index (χ4n) is 4.20. The van der Waals surface area contributed by atoms with Crippen LogP contribution in [-0.2, 0) is 14.3 Å². The second-order valence-corrected chi connectivity index (χ2v) is 9.83. The van der Waals surface area contributed by atoms with Gasteiger partial charge in [-0.25, -0.2) is 4.79 Å². The number of carbonyl (C=O) groups excluding carboxylic acids is 2. The van der Waals surface area contributed by atoms with E-state index in [1.54, 1.807) is 4.90 Å². The summed E-state index contributed by atoms with van der Waals surface area (Å²) in [6, 6.07) is 5.97. The minimum Gasteiger partial charge on any atom is -0.469 e. The highest BCUT2D eigenvalue weighted by molar-refractivity contribution is 6.30. The number of allylic oxidation sites excluding steroid dienone is 1. The molecule has 1 aromatic carbocycles. The van der Waals surface area contributed by atoms with E-state index in [9.17, 15) is 9.59 Å². The molecule has 1 heterocycles. The Kier molecular flexibility index (Phi) is 7.67. The number of methoxy groups -OCH3 is 1. The molecule has 1 fully saturated rings. The number of carbonyl (C=O) groups is 2. The van der Waals surface area contributed by atoms with E-state index >= 15 is 0 Å². The van der Waals surface area contributed by atoms with Crippen LogP contribution in [0.3, 0.4) is 0 Å². The predicted octanol–water partition coefficient (Wildman–Crippen LogP) is 5.23. The molecule has 1 aliphatic carbocycles. The van der Waals surface area contributed by atoms with Crippen LogP contribution in [-0.4, -0.2) is 60.8 Å². The molecule has 0 bridgehead atoms. The van der Waals surface area contributed by atoms with Crippen molar-refractivity contribution in [1.82, 2.24) is 9.80 Å². The molecular weight excluding hydrogens is 428 g/mol. The third kappa shape index (κ3) is 6.14. The number of esters is 1. The minimum absolute atomic E-state index is 0.0944. The zero-order valence-corrected chi connectivity index (χ0v) is 20.2. The Bertz CT molecular complexity index is 911. The quantitative estimate of drug-likeness (QED) is 0.456. The lowest BCUT2D eigenvalue weighted by atomic mass is 9.85. The summed E-state index contributed by atoms with van der Waals surface area (Å²) in [6.07, 6.45) is 3.49. The Hall–Kier alpha value is -2.31. The molecule has 0 spiro atoms. The van der Waals surface area contributed by atoms with Gasteiger partial charge in [-0.2, -0.15) is 0 Å². The summed E-state index contributed by atoms with van der Waals surface area (Å²) in [7, 11) is 1.40. The number of halogens is 1. The van der Waals surface area contributed by atoms with Crippen molar-refractivity contribution in [2.75, 3.05) is 33.3 Å². The van der Waals surface area contributed by atoms with Crippen molar-refractivity contribution in [3.63, 3.8) is 0 Å². The Balaban J connectivity index is 1.84. The molecule has 1 unspecified atom stereocenters. The van der Waals surface area contributed by atoms with E-state index in [0.29, 0.717) is 24.5 Å². The average molecular weight is 461 g/mol. The number of hydrogen-bond acceptors (Lipinski definition) is 5. The third-order valence-electron chi connectivity index (χ3n) is 5.81. The van der Waals surface area contributed by atoms with Crippen molar-refractivity contribution in [3.8, 4) is 0 Å². The lowest BCUT2D eigenvalue weighted by Gasteiger charge is -2.41. The number of nitrogens with zero attached hydrogens (tertiary/aromatic N) is 2. The van der Waals surface area contributed by atoms with Crippen LogP contribution in [0.15, 0.2) is 36.4 Å². The first-order valence-corrected chi connectivity index (χ1v) is 11.4. The second kappa shape index (κ2) is 10.1. The summed E-state index contributed by atoms with van der Waals surface area (Å²) in [6.45, 7) is 12.6. The van der Waals surface area contributed by atoms with Gasteiger partial charge in [-0.3, -0.25) is 9.69 Å². The number of rotatable bonds is 3. The van der Waals surface area contributed by atoms with Gasteiger partial charge in [0.05, 0.1) is 13.5 Å². The highest BCUT2D eigenvalue weighted by atomic mass is 35.5. The van der Waals surface area contributed by atoms with E-state index < -0.39 is 5.60 Å². The first kappa shape index (κ1) is 24.3. The van der Waals surface area contributed by atoms with Crippen molar-refractivity contribution in [2.24, 2.45) is 0 Å². The molecule has 1 aromatic rings. The lowest BCUT2D eigenvalue weighted by Crippen LogP contribution is -2.51. The molecule has 0 aromatic heterocycles. The molecule has 0 saturated carbocycles. The van der Waals surface area contributed by atoms with Gasteiger partial charge in [-0.15, -0.1) is 0 Å². The summed E-state index contributed by atoms with van der Waals surface area (Å²) < 4.78 is 10.4. The van der Waals surface area contributed by atoms with Gasteiger partial charge in [0.15, 0.2) is 0 Å². The van der Waals surface area contributed by atoms with Crippen LogP contribution in [0.5, 0.6) is 0 Å². The van der Waals surface area contributed by atoms with E-state index in [0.717, 1.165) is 41.8 Å². The maximum atomic E-state index is 12.5. The largest absolute Gasteiger partial charge is 0.469 e. The smallest absolute Gasteiger partial charge is 0.410 e.